The molecule has 0 fully saturated rings. The number of thiazole rings is 1. The van der Waals surface area contributed by atoms with Crippen LogP contribution in [0, 0.1) is 6.92 Å². The van der Waals surface area contributed by atoms with Crippen molar-refractivity contribution in [3.63, 3.8) is 0 Å². The molecule has 0 aliphatic rings. The van der Waals surface area contributed by atoms with E-state index in [0.717, 1.165) is 44.2 Å². The number of halogens is 1. The first-order valence-electron chi connectivity index (χ1n) is 11.4. The molecular formula is C29H21ClN2O2S2. The molecular weight excluding hydrogens is 508 g/mol. The Morgan fingerprint density at radius 3 is 2.61 bits per heavy atom. The molecule has 178 valence electrons. The van der Waals surface area contributed by atoms with E-state index in [1.165, 1.54) is 10.1 Å². The maximum absolute atomic E-state index is 13.6. The average molecular weight is 529 g/mol. The Kier molecular flexibility index (Phi) is 5.88. The van der Waals surface area contributed by atoms with E-state index < -0.39 is 0 Å². The molecule has 0 radical (unpaired) electrons. The molecule has 0 atom stereocenters. The second kappa shape index (κ2) is 9.21. The maximum Gasteiger partial charge on any atom is 0.262 e. The Hall–Kier alpha value is -3.45. The Labute approximate surface area is 221 Å². The number of hydrogen-bond donors (Lipinski definition) is 0. The zero-order valence-electron chi connectivity index (χ0n) is 19.6. The van der Waals surface area contributed by atoms with E-state index in [4.69, 9.17) is 21.3 Å². The molecule has 0 spiro atoms. The summed E-state index contributed by atoms with van der Waals surface area (Å²) in [4.78, 5) is 18.6. The molecule has 0 N–H and O–H groups in total. The number of rotatable bonds is 5. The molecule has 36 heavy (non-hydrogen) atoms. The minimum Gasteiger partial charge on any atom is -0.497 e. The summed E-state index contributed by atoms with van der Waals surface area (Å²) in [6.07, 6.45) is 0.628. The number of hydrogen-bond acceptors (Lipinski definition) is 5. The fourth-order valence-corrected chi connectivity index (χ4v) is 6.53. The maximum atomic E-state index is 13.6. The van der Waals surface area contributed by atoms with Gasteiger partial charge in [0.05, 0.1) is 23.3 Å². The fourth-order valence-electron chi connectivity index (χ4n) is 4.64. The second-order valence-electron chi connectivity index (χ2n) is 8.54. The second-order valence-corrected chi connectivity index (χ2v) is 10.8. The molecule has 6 rings (SSSR count). The van der Waals surface area contributed by atoms with Crippen LogP contribution in [-0.4, -0.2) is 22.6 Å². The minimum atomic E-state index is -0.0878. The number of ether oxygens (including phenoxy) is 1. The third kappa shape index (κ3) is 3.91. The first-order valence-corrected chi connectivity index (χ1v) is 13.6. The molecule has 0 saturated carbocycles. The van der Waals surface area contributed by atoms with E-state index in [0.29, 0.717) is 17.0 Å². The van der Waals surface area contributed by atoms with Crippen molar-refractivity contribution in [1.29, 1.82) is 0 Å². The van der Waals surface area contributed by atoms with Crippen LogP contribution in [0.5, 0.6) is 5.75 Å². The van der Waals surface area contributed by atoms with Crippen LogP contribution in [0.3, 0.4) is 0 Å². The van der Waals surface area contributed by atoms with Crippen LogP contribution in [-0.2, 0) is 6.42 Å². The van der Waals surface area contributed by atoms with Gasteiger partial charge in [-0.1, -0.05) is 29.8 Å². The lowest BCUT2D eigenvalue weighted by Crippen LogP contribution is -2.13. The Balaban J connectivity index is 1.43. The summed E-state index contributed by atoms with van der Waals surface area (Å²) in [7, 11) is 1.65. The Morgan fingerprint density at radius 1 is 1.00 bits per heavy atom. The van der Waals surface area contributed by atoms with Gasteiger partial charge in [-0.2, -0.15) is 0 Å². The lowest BCUT2D eigenvalue weighted by atomic mass is 10.1. The molecule has 0 unspecified atom stereocenters. The summed E-state index contributed by atoms with van der Waals surface area (Å²) in [5, 5.41) is 8.12. The van der Waals surface area contributed by atoms with Gasteiger partial charge in [-0.3, -0.25) is 9.36 Å². The number of fused-ring (bicyclic) bond motifs is 2. The molecule has 3 aromatic carbocycles. The van der Waals surface area contributed by atoms with E-state index in [1.54, 1.807) is 58.6 Å². The van der Waals surface area contributed by atoms with Crippen molar-refractivity contribution in [2.45, 2.75) is 13.3 Å². The number of benzene rings is 3. The zero-order valence-corrected chi connectivity index (χ0v) is 22.0. The van der Waals surface area contributed by atoms with Crippen LogP contribution < -0.4 is 4.74 Å². The van der Waals surface area contributed by atoms with E-state index in [9.17, 15) is 4.79 Å². The average Bonchev–Trinajstić information content (AvgIpc) is 3.60. The summed E-state index contributed by atoms with van der Waals surface area (Å²) in [5.41, 5.74) is 5.56. The van der Waals surface area contributed by atoms with Crippen LogP contribution in [0.25, 0.3) is 32.2 Å². The lowest BCUT2D eigenvalue weighted by Gasteiger charge is -2.08. The highest BCUT2D eigenvalue weighted by Crippen LogP contribution is 2.36. The summed E-state index contributed by atoms with van der Waals surface area (Å²) < 4.78 is 8.55. The van der Waals surface area contributed by atoms with Gasteiger partial charge in [-0.15, -0.1) is 22.7 Å². The van der Waals surface area contributed by atoms with E-state index in [1.807, 2.05) is 25.1 Å². The predicted molar refractivity (Wildman–Crippen MR) is 150 cm³/mol. The molecule has 4 nitrogen and oxygen atoms in total. The molecule has 7 heteroatoms. The van der Waals surface area contributed by atoms with Crippen molar-refractivity contribution in [2.24, 2.45) is 0 Å². The quantitative estimate of drug-likeness (QED) is 0.226. The summed E-state index contributed by atoms with van der Waals surface area (Å²) in [5.74, 6) is 0.666. The van der Waals surface area contributed by atoms with Crippen LogP contribution in [0.1, 0.15) is 26.6 Å². The SMILES string of the molecule is COc1ccc2c(c1)c(Cc1nc(-c3csc4ccccc34)cs1)c(C)n2C(=O)c1ccc(Cl)cc1. The molecule has 3 aromatic heterocycles. The van der Waals surface area contributed by atoms with Gasteiger partial charge in [0.1, 0.15) is 5.75 Å². The summed E-state index contributed by atoms with van der Waals surface area (Å²) in [6, 6.07) is 21.3. The lowest BCUT2D eigenvalue weighted by molar-refractivity contribution is 0.0963. The molecule has 0 aliphatic heterocycles. The van der Waals surface area contributed by atoms with Gasteiger partial charge < -0.3 is 4.74 Å². The highest BCUT2D eigenvalue weighted by atomic mass is 35.5. The van der Waals surface area contributed by atoms with Crippen LogP contribution in [0.15, 0.2) is 77.5 Å². The highest BCUT2D eigenvalue weighted by Gasteiger charge is 2.22. The smallest absolute Gasteiger partial charge is 0.262 e. The monoisotopic (exact) mass is 528 g/mol. The van der Waals surface area contributed by atoms with E-state index >= 15 is 0 Å². The van der Waals surface area contributed by atoms with Crippen molar-refractivity contribution in [3.8, 4) is 17.0 Å². The van der Waals surface area contributed by atoms with Gasteiger partial charge in [0.15, 0.2) is 0 Å². The van der Waals surface area contributed by atoms with Gasteiger partial charge in [-0.25, -0.2) is 4.98 Å². The first-order chi connectivity index (χ1) is 17.5. The number of thiophene rings is 1. The standard InChI is InChI=1S/C29H21ClN2O2S2/c1-17-22(14-28-31-25(16-36-28)24-15-35-27-6-4-3-5-21(24)27)23-13-20(34-2)11-12-26(23)32(17)29(33)18-7-9-19(30)10-8-18/h3-13,15-16H,14H2,1-2H3. The summed E-state index contributed by atoms with van der Waals surface area (Å²) in [6.45, 7) is 2.00. The van der Waals surface area contributed by atoms with Crippen LogP contribution >= 0.6 is 34.3 Å². The first kappa shape index (κ1) is 23.0. The van der Waals surface area contributed by atoms with Crippen molar-refractivity contribution in [2.75, 3.05) is 7.11 Å². The van der Waals surface area contributed by atoms with Crippen molar-refractivity contribution < 1.29 is 9.53 Å². The molecule has 0 bridgehead atoms. The zero-order chi connectivity index (χ0) is 24.8. The van der Waals surface area contributed by atoms with Gasteiger partial charge >= 0.3 is 0 Å². The van der Waals surface area contributed by atoms with Crippen molar-refractivity contribution >= 4 is 61.2 Å². The molecule has 0 saturated heterocycles. The topological polar surface area (TPSA) is 44.1 Å². The molecule has 6 aromatic rings. The van der Waals surface area contributed by atoms with Crippen LogP contribution in [0.4, 0.5) is 0 Å². The van der Waals surface area contributed by atoms with E-state index in [-0.39, 0.29) is 5.91 Å². The minimum absolute atomic E-state index is 0.0878. The van der Waals surface area contributed by atoms with Gasteiger partial charge in [0.2, 0.25) is 0 Å². The number of carbonyl (C=O) groups excluding carboxylic acids is 1. The third-order valence-electron chi connectivity index (χ3n) is 6.47. The number of aromatic nitrogens is 2. The number of nitrogens with zero attached hydrogens (tertiary/aromatic N) is 2. The summed E-state index contributed by atoms with van der Waals surface area (Å²) >= 11 is 9.44. The van der Waals surface area contributed by atoms with Crippen LogP contribution in [0.2, 0.25) is 5.02 Å². The predicted octanol–water partition coefficient (Wildman–Crippen LogP) is 8.23. The largest absolute Gasteiger partial charge is 0.497 e. The Bertz CT molecular complexity index is 1740. The number of carbonyl (C=O) groups is 1. The van der Waals surface area contributed by atoms with Gasteiger partial charge in [0.25, 0.3) is 5.91 Å². The number of methoxy groups -OCH3 is 1. The molecule has 3 heterocycles. The molecule has 0 amide bonds. The van der Waals surface area contributed by atoms with Crippen molar-refractivity contribution in [1.82, 2.24) is 9.55 Å². The Morgan fingerprint density at radius 2 is 1.81 bits per heavy atom. The van der Waals surface area contributed by atoms with Gasteiger partial charge in [-0.05, 0) is 61.0 Å². The van der Waals surface area contributed by atoms with Gasteiger partial charge in [0, 0.05) is 54.5 Å². The molecule has 0 aliphatic carbocycles. The fraction of sp³-hybridized carbons (Fsp3) is 0.103. The normalized spacial score (nSPS) is 11.4. The third-order valence-corrected chi connectivity index (χ3v) is 8.54. The van der Waals surface area contributed by atoms with E-state index in [2.05, 4.69) is 35.0 Å². The highest BCUT2D eigenvalue weighted by molar-refractivity contribution is 7.17. The van der Waals surface area contributed by atoms with Crippen molar-refractivity contribution in [3.05, 3.63) is 104 Å².